The van der Waals surface area contributed by atoms with Gasteiger partial charge in [0, 0.05) is 18.1 Å². The summed E-state index contributed by atoms with van der Waals surface area (Å²) in [6.07, 6.45) is 2.28. The third-order valence-electron chi connectivity index (χ3n) is 1.13. The summed E-state index contributed by atoms with van der Waals surface area (Å²) in [5.41, 5.74) is 5.41. The van der Waals surface area contributed by atoms with Crippen LogP contribution in [0.15, 0.2) is 24.7 Å². The molecule has 0 aromatic carbocycles. The van der Waals surface area contributed by atoms with Gasteiger partial charge in [0.25, 0.3) is 0 Å². The second-order valence-corrected chi connectivity index (χ2v) is 1.95. The molecule has 0 aliphatic heterocycles. The van der Waals surface area contributed by atoms with E-state index in [9.17, 15) is 0 Å². The molecule has 1 aromatic heterocycles. The highest BCUT2D eigenvalue weighted by Crippen LogP contribution is 2.10. The molecule has 0 amide bonds. The molecule has 10 heavy (non-hydrogen) atoms. The predicted molar refractivity (Wildman–Crippen MR) is 36.9 cm³/mol. The Morgan fingerprint density at radius 2 is 2.60 bits per heavy atom. The normalized spacial score (nSPS) is 12.9. The van der Waals surface area contributed by atoms with Crippen molar-refractivity contribution in [1.29, 1.82) is 0 Å². The summed E-state index contributed by atoms with van der Waals surface area (Å²) in [4.78, 5) is 6.51. The van der Waals surface area contributed by atoms with Crippen LogP contribution in [0.3, 0.4) is 0 Å². The van der Waals surface area contributed by atoms with Crippen LogP contribution >= 0.6 is 0 Å². The van der Waals surface area contributed by atoms with Crippen molar-refractivity contribution in [3.63, 3.8) is 0 Å². The number of nitrogens with two attached hydrogens (primary N) is 1. The fourth-order valence-electron chi connectivity index (χ4n) is 0.603. The van der Waals surface area contributed by atoms with Crippen LogP contribution in [0.5, 0.6) is 0 Å². The lowest BCUT2D eigenvalue weighted by atomic mass is 10.3. The molecule has 0 bridgehead atoms. The van der Waals surface area contributed by atoms with Gasteiger partial charge in [-0.3, -0.25) is 0 Å². The van der Waals surface area contributed by atoms with Crippen molar-refractivity contribution in [2.75, 3.05) is 0 Å². The Kier molecular flexibility index (Phi) is 1.73. The van der Waals surface area contributed by atoms with E-state index in [2.05, 4.69) is 16.5 Å². The van der Waals surface area contributed by atoms with Crippen LogP contribution in [-0.2, 0) is 0 Å². The summed E-state index contributed by atoms with van der Waals surface area (Å²) >= 11 is 0. The summed E-state index contributed by atoms with van der Waals surface area (Å²) in [5.74, 6) is 0.424. The number of hydrogen-bond donors (Lipinski definition) is 3. The Morgan fingerprint density at radius 3 is 3.00 bits per heavy atom. The van der Waals surface area contributed by atoms with Gasteiger partial charge in [-0.05, 0) is 0 Å². The number of aliphatic hydroxyl groups is 1. The molecule has 0 radical (unpaired) electrons. The maximum atomic E-state index is 9.17. The van der Waals surface area contributed by atoms with Crippen molar-refractivity contribution in [2.45, 2.75) is 6.10 Å². The molecule has 54 valence electrons. The van der Waals surface area contributed by atoms with E-state index in [0.717, 1.165) is 0 Å². The minimum absolute atomic E-state index is 0.190. The average Bonchev–Trinajstić information content (AvgIpc) is 2.36. The SMILES string of the molecule is C=C(N)C(O)c1ncc[nH]1. The van der Waals surface area contributed by atoms with Gasteiger partial charge in [0.1, 0.15) is 5.82 Å². The number of aromatic amines is 1. The molecule has 0 aliphatic carbocycles. The molecule has 1 rings (SSSR count). The number of nitrogens with one attached hydrogen (secondary N) is 1. The molecular formula is C6H9N3O. The Labute approximate surface area is 58.4 Å². The van der Waals surface area contributed by atoms with Crippen LogP contribution in [-0.4, -0.2) is 15.1 Å². The summed E-state index contributed by atoms with van der Waals surface area (Å²) in [7, 11) is 0. The van der Waals surface area contributed by atoms with Gasteiger partial charge in [-0.25, -0.2) is 4.98 Å². The van der Waals surface area contributed by atoms with Crippen LogP contribution in [0.25, 0.3) is 0 Å². The summed E-state index contributed by atoms with van der Waals surface area (Å²) in [6, 6.07) is 0. The summed E-state index contributed by atoms with van der Waals surface area (Å²) in [6.45, 7) is 3.38. The van der Waals surface area contributed by atoms with Gasteiger partial charge in [-0.15, -0.1) is 0 Å². The van der Waals surface area contributed by atoms with Crippen molar-refractivity contribution in [3.8, 4) is 0 Å². The van der Waals surface area contributed by atoms with Crippen LogP contribution in [0.1, 0.15) is 11.9 Å². The van der Waals surface area contributed by atoms with Gasteiger partial charge < -0.3 is 15.8 Å². The van der Waals surface area contributed by atoms with Gasteiger partial charge in [0.05, 0.1) is 0 Å². The maximum Gasteiger partial charge on any atom is 0.150 e. The maximum absolute atomic E-state index is 9.17. The minimum atomic E-state index is -0.880. The number of rotatable bonds is 2. The molecule has 1 unspecified atom stereocenters. The zero-order valence-electron chi connectivity index (χ0n) is 5.41. The number of hydrogen-bond acceptors (Lipinski definition) is 3. The van der Waals surface area contributed by atoms with Crippen LogP contribution < -0.4 is 5.73 Å². The van der Waals surface area contributed by atoms with Gasteiger partial charge in [0.15, 0.2) is 6.10 Å². The predicted octanol–water partition coefficient (Wildman–Crippen LogP) is -0.0845. The molecule has 1 aromatic rings. The molecule has 0 aliphatic rings. The highest BCUT2D eigenvalue weighted by Gasteiger charge is 2.09. The third kappa shape index (κ3) is 1.16. The van der Waals surface area contributed by atoms with Crippen molar-refractivity contribution in [1.82, 2.24) is 9.97 Å². The lowest BCUT2D eigenvalue weighted by molar-refractivity contribution is 0.205. The molecule has 4 heteroatoms. The van der Waals surface area contributed by atoms with Crippen molar-refractivity contribution in [2.24, 2.45) is 5.73 Å². The van der Waals surface area contributed by atoms with E-state index < -0.39 is 6.10 Å². The highest BCUT2D eigenvalue weighted by molar-refractivity contribution is 5.06. The lowest BCUT2D eigenvalue weighted by Crippen LogP contribution is -2.09. The Balaban J connectivity index is 2.77. The number of H-pyrrole nitrogens is 1. The molecule has 1 heterocycles. The smallest absolute Gasteiger partial charge is 0.150 e. The first kappa shape index (κ1) is 6.82. The first-order valence-corrected chi connectivity index (χ1v) is 2.83. The quantitative estimate of drug-likeness (QED) is 0.536. The van der Waals surface area contributed by atoms with E-state index in [4.69, 9.17) is 10.8 Å². The van der Waals surface area contributed by atoms with Gasteiger partial charge in [0.2, 0.25) is 0 Å². The van der Waals surface area contributed by atoms with Crippen LogP contribution in [0, 0.1) is 0 Å². The molecular weight excluding hydrogens is 130 g/mol. The minimum Gasteiger partial charge on any atom is -0.400 e. The summed E-state index contributed by atoms with van der Waals surface area (Å²) < 4.78 is 0. The van der Waals surface area contributed by atoms with E-state index in [1.807, 2.05) is 0 Å². The Morgan fingerprint density at radius 1 is 1.90 bits per heavy atom. The summed E-state index contributed by atoms with van der Waals surface area (Å²) in [5, 5.41) is 9.17. The Bertz CT molecular complexity index is 217. The molecule has 1 atom stereocenters. The second-order valence-electron chi connectivity index (χ2n) is 1.95. The van der Waals surface area contributed by atoms with E-state index in [-0.39, 0.29) is 5.70 Å². The second kappa shape index (κ2) is 2.53. The molecule has 4 N–H and O–H groups in total. The number of aliphatic hydroxyl groups excluding tert-OH is 1. The average molecular weight is 139 g/mol. The zero-order chi connectivity index (χ0) is 7.56. The molecule has 0 saturated carbocycles. The van der Waals surface area contributed by atoms with E-state index in [0.29, 0.717) is 5.82 Å². The zero-order valence-corrected chi connectivity index (χ0v) is 5.41. The van der Waals surface area contributed by atoms with Crippen LogP contribution in [0.4, 0.5) is 0 Å². The lowest BCUT2D eigenvalue weighted by Gasteiger charge is -2.04. The van der Waals surface area contributed by atoms with Gasteiger partial charge in [-0.2, -0.15) is 0 Å². The van der Waals surface area contributed by atoms with Crippen molar-refractivity contribution in [3.05, 3.63) is 30.5 Å². The monoisotopic (exact) mass is 139 g/mol. The molecule has 4 nitrogen and oxygen atoms in total. The van der Waals surface area contributed by atoms with Crippen molar-refractivity contribution >= 4 is 0 Å². The molecule has 0 spiro atoms. The number of imidazole rings is 1. The standard InChI is InChI=1S/C6H9N3O/c1-4(7)5(10)6-8-2-3-9-6/h2-3,5,10H,1,7H2,(H,8,9). The van der Waals surface area contributed by atoms with Gasteiger partial charge in [-0.1, -0.05) is 6.58 Å². The highest BCUT2D eigenvalue weighted by atomic mass is 16.3. The fourth-order valence-corrected chi connectivity index (χ4v) is 0.603. The number of nitrogens with zero attached hydrogens (tertiary/aromatic N) is 1. The van der Waals surface area contributed by atoms with Crippen LogP contribution in [0.2, 0.25) is 0 Å². The van der Waals surface area contributed by atoms with E-state index in [1.165, 1.54) is 0 Å². The van der Waals surface area contributed by atoms with Crippen molar-refractivity contribution < 1.29 is 5.11 Å². The van der Waals surface area contributed by atoms with E-state index in [1.54, 1.807) is 12.4 Å². The third-order valence-corrected chi connectivity index (χ3v) is 1.13. The first-order chi connectivity index (χ1) is 4.72. The largest absolute Gasteiger partial charge is 0.400 e. The first-order valence-electron chi connectivity index (χ1n) is 2.83. The number of aromatic nitrogens is 2. The molecule has 0 fully saturated rings. The van der Waals surface area contributed by atoms with Gasteiger partial charge >= 0.3 is 0 Å². The topological polar surface area (TPSA) is 74.9 Å². The van der Waals surface area contributed by atoms with E-state index >= 15 is 0 Å². The fraction of sp³-hybridized carbons (Fsp3) is 0.167. The molecule has 0 saturated heterocycles. The Hall–Kier alpha value is -1.29.